The summed E-state index contributed by atoms with van der Waals surface area (Å²) in [5, 5.41) is 0.189. The highest BCUT2D eigenvalue weighted by Crippen LogP contribution is 2.39. The highest BCUT2D eigenvalue weighted by Gasteiger charge is 2.56. The molecular formula is C11H7BrClF5O. The SMILES string of the molecule is O=C(CCC(F)(F)C(F)(F)F)c1cc(Cl)ccc1Br. The topological polar surface area (TPSA) is 17.1 Å². The smallest absolute Gasteiger partial charge is 0.294 e. The molecule has 1 aromatic carbocycles. The minimum Gasteiger partial charge on any atom is -0.294 e. The highest BCUT2D eigenvalue weighted by molar-refractivity contribution is 9.10. The number of hydrogen-bond acceptors (Lipinski definition) is 1. The summed E-state index contributed by atoms with van der Waals surface area (Å²) in [6.45, 7) is 0. The van der Waals surface area contributed by atoms with Crippen molar-refractivity contribution < 1.29 is 26.7 Å². The van der Waals surface area contributed by atoms with Crippen LogP contribution in [0.5, 0.6) is 0 Å². The van der Waals surface area contributed by atoms with Gasteiger partial charge in [0.05, 0.1) is 0 Å². The normalized spacial score (nSPS) is 12.6. The minimum absolute atomic E-state index is 0.0227. The van der Waals surface area contributed by atoms with Crippen LogP contribution in [0.2, 0.25) is 5.02 Å². The van der Waals surface area contributed by atoms with E-state index in [1.807, 2.05) is 0 Å². The number of benzene rings is 1. The third-order valence-corrected chi connectivity index (χ3v) is 3.24. The average molecular weight is 366 g/mol. The van der Waals surface area contributed by atoms with Crippen molar-refractivity contribution >= 4 is 33.3 Å². The zero-order chi connectivity index (χ0) is 14.8. The van der Waals surface area contributed by atoms with Gasteiger partial charge in [-0.25, -0.2) is 0 Å². The van der Waals surface area contributed by atoms with Crippen molar-refractivity contribution in [3.05, 3.63) is 33.3 Å². The molecule has 0 saturated carbocycles. The third-order valence-electron chi connectivity index (χ3n) is 2.31. The molecule has 0 saturated heterocycles. The molecule has 0 aliphatic heterocycles. The molecule has 0 bridgehead atoms. The Hall–Kier alpha value is -0.690. The van der Waals surface area contributed by atoms with E-state index in [9.17, 15) is 26.7 Å². The zero-order valence-electron chi connectivity index (χ0n) is 9.20. The van der Waals surface area contributed by atoms with E-state index in [2.05, 4.69) is 15.9 Å². The van der Waals surface area contributed by atoms with Gasteiger partial charge in [-0.15, -0.1) is 0 Å². The molecule has 19 heavy (non-hydrogen) atoms. The lowest BCUT2D eigenvalue weighted by molar-refractivity contribution is -0.283. The van der Waals surface area contributed by atoms with Crippen LogP contribution in [-0.2, 0) is 0 Å². The van der Waals surface area contributed by atoms with Gasteiger partial charge in [-0.05, 0) is 18.2 Å². The number of carbonyl (C=O) groups is 1. The first kappa shape index (κ1) is 16.4. The predicted molar refractivity (Wildman–Crippen MR) is 63.7 cm³/mol. The molecule has 0 spiro atoms. The molecule has 0 unspecified atom stereocenters. The van der Waals surface area contributed by atoms with Gasteiger partial charge in [-0.3, -0.25) is 4.79 Å². The van der Waals surface area contributed by atoms with Gasteiger partial charge in [0, 0.05) is 27.9 Å². The molecule has 0 atom stereocenters. The Balaban J connectivity index is 2.79. The number of carbonyl (C=O) groups excluding carboxylic acids is 1. The van der Waals surface area contributed by atoms with Crippen molar-refractivity contribution in [1.29, 1.82) is 0 Å². The number of halogens is 7. The molecule has 0 aliphatic rings. The van der Waals surface area contributed by atoms with Crippen molar-refractivity contribution in [3.8, 4) is 0 Å². The third kappa shape index (κ3) is 4.14. The summed E-state index contributed by atoms with van der Waals surface area (Å²) in [6, 6.07) is 4.07. The molecule has 106 valence electrons. The Kier molecular flexibility index (Phi) is 4.95. The molecule has 0 amide bonds. The number of Topliss-reactive ketones (excluding diaryl/α,β-unsaturated/α-hetero) is 1. The first-order valence-electron chi connectivity index (χ1n) is 4.97. The van der Waals surface area contributed by atoms with Crippen LogP contribution in [0.15, 0.2) is 22.7 Å². The molecule has 0 radical (unpaired) electrons. The lowest BCUT2D eigenvalue weighted by atomic mass is 10.0. The van der Waals surface area contributed by atoms with Crippen LogP contribution in [0.3, 0.4) is 0 Å². The van der Waals surface area contributed by atoms with Crippen molar-refractivity contribution in [3.63, 3.8) is 0 Å². The summed E-state index contributed by atoms with van der Waals surface area (Å²) >= 11 is 8.62. The van der Waals surface area contributed by atoms with Crippen molar-refractivity contribution in [2.24, 2.45) is 0 Å². The number of hydrogen-bond donors (Lipinski definition) is 0. The summed E-state index contributed by atoms with van der Waals surface area (Å²) in [7, 11) is 0. The monoisotopic (exact) mass is 364 g/mol. The van der Waals surface area contributed by atoms with E-state index in [0.717, 1.165) is 0 Å². The number of rotatable bonds is 4. The fourth-order valence-corrected chi connectivity index (χ4v) is 1.90. The first-order chi connectivity index (χ1) is 8.54. The molecule has 0 heterocycles. The maximum absolute atomic E-state index is 12.7. The van der Waals surface area contributed by atoms with Crippen LogP contribution < -0.4 is 0 Å². The summed E-state index contributed by atoms with van der Waals surface area (Å²) in [5.41, 5.74) is -0.0227. The number of alkyl halides is 5. The van der Waals surface area contributed by atoms with Crippen LogP contribution in [0.1, 0.15) is 23.2 Å². The fraction of sp³-hybridized carbons (Fsp3) is 0.364. The van der Waals surface area contributed by atoms with E-state index in [1.165, 1.54) is 18.2 Å². The van der Waals surface area contributed by atoms with Crippen molar-refractivity contribution in [2.45, 2.75) is 24.9 Å². The lowest BCUT2D eigenvalue weighted by Gasteiger charge is -2.19. The second kappa shape index (κ2) is 5.75. The standard InChI is InChI=1S/C11H7BrClF5O/c12-8-2-1-6(13)5-7(8)9(19)3-4-10(14,15)11(16,17)18/h1-2,5H,3-4H2. The van der Waals surface area contributed by atoms with Gasteiger partial charge >= 0.3 is 12.1 Å². The molecule has 0 N–H and O–H groups in total. The molecule has 1 rings (SSSR count). The second-order valence-corrected chi connectivity index (χ2v) is 5.04. The van der Waals surface area contributed by atoms with Gasteiger partial charge in [0.1, 0.15) is 0 Å². The van der Waals surface area contributed by atoms with Crippen LogP contribution in [0.25, 0.3) is 0 Å². The summed E-state index contributed by atoms with van der Waals surface area (Å²) < 4.78 is 61.4. The maximum Gasteiger partial charge on any atom is 0.453 e. The van der Waals surface area contributed by atoms with Gasteiger partial charge in [0.2, 0.25) is 0 Å². The average Bonchev–Trinajstić information content (AvgIpc) is 2.28. The van der Waals surface area contributed by atoms with Crippen molar-refractivity contribution in [1.82, 2.24) is 0 Å². The molecule has 0 fully saturated rings. The predicted octanol–water partition coefficient (Wildman–Crippen LogP) is 5.26. The van der Waals surface area contributed by atoms with Crippen LogP contribution in [0, 0.1) is 0 Å². The Morgan fingerprint density at radius 3 is 2.32 bits per heavy atom. The Morgan fingerprint density at radius 2 is 1.79 bits per heavy atom. The molecule has 1 aromatic rings. The molecule has 0 aliphatic carbocycles. The van der Waals surface area contributed by atoms with E-state index in [0.29, 0.717) is 0 Å². The zero-order valence-corrected chi connectivity index (χ0v) is 11.5. The van der Waals surface area contributed by atoms with Crippen LogP contribution >= 0.6 is 27.5 Å². The summed E-state index contributed by atoms with van der Waals surface area (Å²) in [6.07, 6.45) is -8.17. The quantitative estimate of drug-likeness (QED) is 0.525. The van der Waals surface area contributed by atoms with E-state index in [4.69, 9.17) is 11.6 Å². The van der Waals surface area contributed by atoms with Gasteiger partial charge in [0.15, 0.2) is 5.78 Å². The van der Waals surface area contributed by atoms with E-state index in [1.54, 1.807) is 0 Å². The Labute approximate surface area is 118 Å². The van der Waals surface area contributed by atoms with E-state index < -0.39 is 30.7 Å². The van der Waals surface area contributed by atoms with Crippen molar-refractivity contribution in [2.75, 3.05) is 0 Å². The first-order valence-corrected chi connectivity index (χ1v) is 6.14. The Morgan fingerprint density at radius 1 is 1.21 bits per heavy atom. The highest BCUT2D eigenvalue weighted by atomic mass is 79.9. The summed E-state index contributed by atoms with van der Waals surface area (Å²) in [4.78, 5) is 11.6. The van der Waals surface area contributed by atoms with Gasteiger partial charge in [0.25, 0.3) is 0 Å². The molecule has 8 heteroatoms. The van der Waals surface area contributed by atoms with E-state index in [-0.39, 0.29) is 15.1 Å². The minimum atomic E-state index is -5.65. The molecule has 0 aromatic heterocycles. The number of ketones is 1. The van der Waals surface area contributed by atoms with Crippen LogP contribution in [-0.4, -0.2) is 17.9 Å². The van der Waals surface area contributed by atoms with Crippen LogP contribution in [0.4, 0.5) is 22.0 Å². The molecular weight excluding hydrogens is 358 g/mol. The largest absolute Gasteiger partial charge is 0.453 e. The van der Waals surface area contributed by atoms with Gasteiger partial charge in [-0.1, -0.05) is 27.5 Å². The Bertz CT molecular complexity index is 486. The summed E-state index contributed by atoms with van der Waals surface area (Å²) in [5.74, 6) is -5.72. The molecule has 1 nitrogen and oxygen atoms in total. The van der Waals surface area contributed by atoms with E-state index >= 15 is 0 Å². The lowest BCUT2D eigenvalue weighted by Crippen LogP contribution is -2.36. The maximum atomic E-state index is 12.7. The second-order valence-electron chi connectivity index (χ2n) is 3.75. The van der Waals surface area contributed by atoms with Gasteiger partial charge < -0.3 is 0 Å². The fourth-order valence-electron chi connectivity index (χ4n) is 1.26. The van der Waals surface area contributed by atoms with Gasteiger partial charge in [-0.2, -0.15) is 22.0 Å².